The third kappa shape index (κ3) is 2.39. The third-order valence-electron chi connectivity index (χ3n) is 2.91. The van der Waals surface area contributed by atoms with Crippen molar-refractivity contribution in [1.82, 2.24) is 10.3 Å². The van der Waals surface area contributed by atoms with Crippen LogP contribution in [0.3, 0.4) is 0 Å². The molecule has 102 valence electrons. The smallest absolute Gasteiger partial charge is 0.263 e. The summed E-state index contributed by atoms with van der Waals surface area (Å²) in [6, 6.07) is 7.83. The van der Waals surface area contributed by atoms with Gasteiger partial charge in [-0.3, -0.25) is 9.78 Å². The zero-order chi connectivity index (χ0) is 14.1. The van der Waals surface area contributed by atoms with Crippen LogP contribution in [0.15, 0.2) is 30.5 Å². The topological polar surface area (TPSA) is 68.0 Å². The number of pyridine rings is 1. The van der Waals surface area contributed by atoms with Gasteiger partial charge in [0.25, 0.3) is 5.91 Å². The Labute approximate surface area is 124 Å². The fourth-order valence-electron chi connectivity index (χ4n) is 1.94. The van der Waals surface area contributed by atoms with Gasteiger partial charge in [0.05, 0.1) is 16.9 Å². The summed E-state index contributed by atoms with van der Waals surface area (Å²) in [7, 11) is 0. The van der Waals surface area contributed by atoms with Gasteiger partial charge in [-0.05, 0) is 31.2 Å². The Morgan fingerprint density at radius 2 is 2.20 bits per heavy atom. The average molecular weight is 303 g/mol. The number of thiophene rings is 2. The number of nitrogens with zero attached hydrogens (tertiary/aromatic N) is 1. The molecule has 0 aliphatic rings. The maximum Gasteiger partial charge on any atom is 0.263 e. The normalized spacial score (nSPS) is 10.8. The van der Waals surface area contributed by atoms with Crippen molar-refractivity contribution in [2.24, 2.45) is 0 Å². The first kappa shape index (κ1) is 13.1. The van der Waals surface area contributed by atoms with E-state index in [-0.39, 0.29) is 5.91 Å². The summed E-state index contributed by atoms with van der Waals surface area (Å²) in [5.74, 6) is -0.142. The lowest BCUT2D eigenvalue weighted by atomic mass is 10.3. The van der Waals surface area contributed by atoms with E-state index < -0.39 is 0 Å². The van der Waals surface area contributed by atoms with Crippen molar-refractivity contribution in [3.63, 3.8) is 0 Å². The van der Waals surface area contributed by atoms with Crippen molar-refractivity contribution >= 4 is 44.5 Å². The number of fused-ring (bicyclic) bond motifs is 1. The molecule has 0 spiro atoms. The third-order valence-corrected chi connectivity index (χ3v) is 5.07. The van der Waals surface area contributed by atoms with E-state index in [1.54, 1.807) is 17.5 Å². The molecule has 1 amide bonds. The number of carbonyl (C=O) groups excluding carboxylic acids is 1. The Morgan fingerprint density at radius 1 is 1.35 bits per heavy atom. The lowest BCUT2D eigenvalue weighted by Gasteiger charge is -2.02. The molecule has 0 saturated carbocycles. The first-order valence-electron chi connectivity index (χ1n) is 6.11. The molecule has 0 saturated heterocycles. The van der Waals surface area contributed by atoms with Gasteiger partial charge in [0.2, 0.25) is 0 Å². The number of aromatic nitrogens is 1. The van der Waals surface area contributed by atoms with Crippen LogP contribution >= 0.6 is 22.7 Å². The van der Waals surface area contributed by atoms with Crippen LogP contribution in [0.5, 0.6) is 0 Å². The molecule has 0 bridgehead atoms. The Balaban J connectivity index is 1.80. The van der Waals surface area contributed by atoms with Gasteiger partial charge >= 0.3 is 0 Å². The zero-order valence-electron chi connectivity index (χ0n) is 10.8. The van der Waals surface area contributed by atoms with E-state index >= 15 is 0 Å². The zero-order valence-corrected chi connectivity index (χ0v) is 12.5. The number of hydrogen-bond acceptors (Lipinski definition) is 5. The molecule has 0 fully saturated rings. The number of carbonyl (C=O) groups is 1. The number of aryl methyl sites for hydroxylation is 1. The molecule has 0 atom stereocenters. The van der Waals surface area contributed by atoms with E-state index in [9.17, 15) is 4.79 Å². The number of anilines is 1. The summed E-state index contributed by atoms with van der Waals surface area (Å²) in [5.41, 5.74) is 7.17. The summed E-state index contributed by atoms with van der Waals surface area (Å²) < 4.78 is 0.933. The van der Waals surface area contributed by atoms with Gasteiger partial charge in [-0.25, -0.2) is 0 Å². The molecule has 0 radical (unpaired) electrons. The van der Waals surface area contributed by atoms with Crippen LogP contribution in [0.1, 0.15) is 19.4 Å². The van der Waals surface area contributed by atoms with Gasteiger partial charge in [-0.1, -0.05) is 0 Å². The fraction of sp³-hybridized carbons (Fsp3) is 0.143. The van der Waals surface area contributed by atoms with Gasteiger partial charge in [0, 0.05) is 16.0 Å². The minimum Gasteiger partial charge on any atom is -0.396 e. The number of amides is 1. The second-order valence-electron chi connectivity index (χ2n) is 4.39. The number of nitrogen functional groups attached to an aromatic ring is 1. The summed E-state index contributed by atoms with van der Waals surface area (Å²) >= 11 is 3.06. The monoisotopic (exact) mass is 303 g/mol. The van der Waals surface area contributed by atoms with Crippen LogP contribution in [0, 0.1) is 6.92 Å². The lowest BCUT2D eigenvalue weighted by molar-refractivity contribution is 0.0956. The van der Waals surface area contributed by atoms with Crippen molar-refractivity contribution in [1.29, 1.82) is 0 Å². The highest BCUT2D eigenvalue weighted by atomic mass is 32.1. The van der Waals surface area contributed by atoms with E-state index in [4.69, 9.17) is 5.73 Å². The number of rotatable bonds is 3. The number of nitrogens with one attached hydrogen (secondary N) is 1. The fourth-order valence-corrected chi connectivity index (χ4v) is 3.77. The molecule has 20 heavy (non-hydrogen) atoms. The second-order valence-corrected chi connectivity index (χ2v) is 6.81. The lowest BCUT2D eigenvalue weighted by Crippen LogP contribution is -2.22. The van der Waals surface area contributed by atoms with E-state index in [1.807, 2.05) is 31.2 Å². The molecule has 0 aliphatic heterocycles. The molecule has 3 aromatic heterocycles. The van der Waals surface area contributed by atoms with Gasteiger partial charge in [-0.15, -0.1) is 22.7 Å². The maximum atomic E-state index is 12.2. The molecule has 3 heterocycles. The van der Waals surface area contributed by atoms with Crippen LogP contribution in [0.4, 0.5) is 5.69 Å². The van der Waals surface area contributed by atoms with Crippen molar-refractivity contribution < 1.29 is 4.79 Å². The quantitative estimate of drug-likeness (QED) is 0.781. The summed E-state index contributed by atoms with van der Waals surface area (Å²) in [4.78, 5) is 19.3. The van der Waals surface area contributed by atoms with Gasteiger partial charge in [-0.2, -0.15) is 0 Å². The van der Waals surface area contributed by atoms with Crippen molar-refractivity contribution in [2.75, 3.05) is 5.73 Å². The van der Waals surface area contributed by atoms with Crippen LogP contribution in [-0.4, -0.2) is 10.9 Å². The van der Waals surface area contributed by atoms with Crippen LogP contribution in [0.25, 0.3) is 10.2 Å². The van der Waals surface area contributed by atoms with Gasteiger partial charge in [0.1, 0.15) is 10.4 Å². The molecule has 3 N–H and O–H groups in total. The highest BCUT2D eigenvalue weighted by molar-refractivity contribution is 7.21. The molecular weight excluding hydrogens is 290 g/mol. The van der Waals surface area contributed by atoms with Crippen molar-refractivity contribution in [3.8, 4) is 0 Å². The van der Waals surface area contributed by atoms with E-state index in [2.05, 4.69) is 10.3 Å². The molecule has 3 aromatic rings. The Bertz CT molecular complexity index is 776. The van der Waals surface area contributed by atoms with Crippen LogP contribution in [-0.2, 0) is 6.54 Å². The molecule has 4 nitrogen and oxygen atoms in total. The first-order chi connectivity index (χ1) is 9.65. The molecule has 6 heteroatoms. The summed E-state index contributed by atoms with van der Waals surface area (Å²) in [6.07, 6.45) is 1.68. The standard InChI is InChI=1S/C14H13N3OS2/c1-8-4-5-9(19-8)7-17-14(18)13-11(15)12-10(20-13)3-2-6-16-12/h2-6H,7,15H2,1H3,(H,17,18). The van der Waals surface area contributed by atoms with E-state index in [1.165, 1.54) is 16.2 Å². The Hall–Kier alpha value is -1.92. The summed E-state index contributed by atoms with van der Waals surface area (Å²) in [5, 5.41) is 2.90. The first-order valence-corrected chi connectivity index (χ1v) is 7.75. The largest absolute Gasteiger partial charge is 0.396 e. The molecular formula is C14H13N3OS2. The molecule has 0 unspecified atom stereocenters. The highest BCUT2D eigenvalue weighted by Crippen LogP contribution is 2.31. The van der Waals surface area contributed by atoms with Gasteiger partial charge in [0.15, 0.2) is 0 Å². The van der Waals surface area contributed by atoms with Crippen molar-refractivity contribution in [2.45, 2.75) is 13.5 Å². The SMILES string of the molecule is Cc1ccc(CNC(=O)c2sc3cccnc3c2N)s1. The van der Waals surface area contributed by atoms with Crippen LogP contribution in [0.2, 0.25) is 0 Å². The Morgan fingerprint density at radius 3 is 2.90 bits per heavy atom. The molecule has 0 aliphatic carbocycles. The number of hydrogen-bond donors (Lipinski definition) is 2. The average Bonchev–Trinajstić information content (AvgIpc) is 3.01. The minimum atomic E-state index is -0.142. The van der Waals surface area contributed by atoms with E-state index in [0.717, 1.165) is 9.58 Å². The van der Waals surface area contributed by atoms with Gasteiger partial charge < -0.3 is 11.1 Å². The van der Waals surface area contributed by atoms with Crippen molar-refractivity contribution in [3.05, 3.63) is 45.1 Å². The molecule has 0 aromatic carbocycles. The predicted molar refractivity (Wildman–Crippen MR) is 84.3 cm³/mol. The number of nitrogens with two attached hydrogens (primary N) is 1. The summed E-state index contributed by atoms with van der Waals surface area (Å²) in [6.45, 7) is 2.57. The highest BCUT2D eigenvalue weighted by Gasteiger charge is 2.16. The molecule has 3 rings (SSSR count). The van der Waals surface area contributed by atoms with Crippen LogP contribution < -0.4 is 11.1 Å². The second kappa shape index (κ2) is 5.22. The minimum absolute atomic E-state index is 0.142. The Kier molecular flexibility index (Phi) is 3.42. The maximum absolute atomic E-state index is 12.2. The predicted octanol–water partition coefficient (Wildman–Crippen LogP) is 3.18. The van der Waals surface area contributed by atoms with E-state index in [0.29, 0.717) is 22.6 Å².